The second-order valence-corrected chi connectivity index (χ2v) is 7.87. The van der Waals surface area contributed by atoms with E-state index in [0.717, 1.165) is 16.7 Å². The van der Waals surface area contributed by atoms with Crippen LogP contribution in [0, 0.1) is 5.41 Å². The number of hydrogen-bond donors (Lipinski definition) is 1. The van der Waals surface area contributed by atoms with E-state index in [1.165, 1.54) is 0 Å². The van der Waals surface area contributed by atoms with Crippen molar-refractivity contribution >= 4 is 0 Å². The zero-order valence-electron chi connectivity index (χ0n) is 18.9. The second-order valence-electron chi connectivity index (χ2n) is 7.87. The van der Waals surface area contributed by atoms with E-state index in [9.17, 15) is 5.11 Å². The summed E-state index contributed by atoms with van der Waals surface area (Å²) in [6.45, 7) is -0.632. The van der Waals surface area contributed by atoms with Crippen LogP contribution in [-0.2, 0) is 10.3 Å². The number of azide groups is 2. The molecule has 0 bridgehead atoms. The smallest absolute Gasteiger partial charge is 0.143 e. The normalized spacial score (nSPS) is 12.6. The summed E-state index contributed by atoms with van der Waals surface area (Å²) in [5.41, 5.74) is 18.2. The Morgan fingerprint density at radius 1 is 0.765 bits per heavy atom. The van der Waals surface area contributed by atoms with E-state index >= 15 is 0 Å². The molecule has 9 nitrogen and oxygen atoms in total. The zero-order valence-corrected chi connectivity index (χ0v) is 18.9. The van der Waals surface area contributed by atoms with E-state index in [-0.39, 0.29) is 19.7 Å². The minimum atomic E-state index is -1.10. The topological polar surface area (TPSA) is 136 Å². The predicted molar refractivity (Wildman–Crippen MR) is 129 cm³/mol. The van der Waals surface area contributed by atoms with Gasteiger partial charge in [0.25, 0.3) is 0 Å². The summed E-state index contributed by atoms with van der Waals surface area (Å²) in [7, 11) is 1.61. The van der Waals surface area contributed by atoms with Gasteiger partial charge in [-0.15, -0.1) is 0 Å². The van der Waals surface area contributed by atoms with Gasteiger partial charge < -0.3 is 14.6 Å². The maximum atomic E-state index is 10.2. The summed E-state index contributed by atoms with van der Waals surface area (Å²) in [5.74, 6) is 0.704. The van der Waals surface area contributed by atoms with Crippen LogP contribution in [0.2, 0.25) is 0 Å². The van der Waals surface area contributed by atoms with E-state index in [1.807, 2.05) is 84.9 Å². The molecule has 3 aromatic carbocycles. The molecule has 0 amide bonds. The highest BCUT2D eigenvalue weighted by atomic mass is 16.5. The first-order valence-electron chi connectivity index (χ1n) is 10.7. The highest BCUT2D eigenvalue weighted by Gasteiger charge is 2.41. The quantitative estimate of drug-likeness (QED) is 0.164. The summed E-state index contributed by atoms with van der Waals surface area (Å²) in [6, 6.07) is 27.0. The third-order valence-electron chi connectivity index (χ3n) is 5.73. The first-order chi connectivity index (χ1) is 16.6. The van der Waals surface area contributed by atoms with Crippen LogP contribution in [0.15, 0.2) is 95.2 Å². The fourth-order valence-corrected chi connectivity index (χ4v) is 3.83. The van der Waals surface area contributed by atoms with Gasteiger partial charge in [-0.3, -0.25) is 0 Å². The SMILES string of the molecule is COc1ccc(C(OCC(CO)(CN=[N+]=[N-])CN=[N+]=[N-])(c2ccccc2)c2ccccc2)cc1. The molecular weight excluding hydrogens is 432 g/mol. The van der Waals surface area contributed by atoms with Gasteiger partial charge in [-0.25, -0.2) is 0 Å². The molecular formula is C25H26N6O3. The highest BCUT2D eigenvalue weighted by molar-refractivity contribution is 5.48. The number of aliphatic hydroxyl groups is 1. The average Bonchev–Trinajstić information content (AvgIpc) is 2.92. The van der Waals surface area contributed by atoms with Crippen LogP contribution in [0.1, 0.15) is 16.7 Å². The Morgan fingerprint density at radius 3 is 1.65 bits per heavy atom. The van der Waals surface area contributed by atoms with E-state index in [1.54, 1.807) is 7.11 Å². The summed E-state index contributed by atoms with van der Waals surface area (Å²) in [4.78, 5) is 5.65. The molecule has 0 aliphatic carbocycles. The number of rotatable bonds is 12. The molecule has 0 unspecified atom stereocenters. The molecule has 0 aliphatic rings. The second kappa shape index (κ2) is 11.7. The number of benzene rings is 3. The molecule has 174 valence electrons. The van der Waals surface area contributed by atoms with E-state index in [2.05, 4.69) is 20.1 Å². The number of hydrogen-bond acceptors (Lipinski definition) is 5. The van der Waals surface area contributed by atoms with Crippen molar-refractivity contribution < 1.29 is 14.6 Å². The molecule has 0 saturated carbocycles. The maximum Gasteiger partial charge on any atom is 0.143 e. The van der Waals surface area contributed by atoms with Gasteiger partial charge in [-0.1, -0.05) is 83.0 Å². The number of nitrogens with zero attached hydrogens (tertiary/aromatic N) is 6. The van der Waals surface area contributed by atoms with Crippen molar-refractivity contribution in [3.05, 3.63) is 123 Å². The molecule has 9 heteroatoms. The van der Waals surface area contributed by atoms with Crippen molar-refractivity contribution in [3.63, 3.8) is 0 Å². The van der Waals surface area contributed by atoms with Crippen LogP contribution in [-0.4, -0.2) is 38.5 Å². The maximum absolute atomic E-state index is 10.2. The number of methoxy groups -OCH3 is 1. The average molecular weight is 459 g/mol. The Morgan fingerprint density at radius 2 is 1.24 bits per heavy atom. The lowest BCUT2D eigenvalue weighted by atomic mass is 9.79. The Hall–Kier alpha value is -4.00. The molecule has 0 saturated heterocycles. The van der Waals surface area contributed by atoms with Gasteiger partial charge in [0, 0.05) is 28.3 Å². The number of ether oxygens (including phenoxy) is 2. The molecule has 0 atom stereocenters. The highest BCUT2D eigenvalue weighted by Crippen LogP contribution is 2.42. The van der Waals surface area contributed by atoms with Gasteiger partial charge >= 0.3 is 0 Å². The summed E-state index contributed by atoms with van der Waals surface area (Å²) in [6.07, 6.45) is 0. The van der Waals surface area contributed by atoms with Crippen LogP contribution in [0.4, 0.5) is 0 Å². The van der Waals surface area contributed by atoms with Gasteiger partial charge in [0.15, 0.2) is 0 Å². The van der Waals surface area contributed by atoms with Gasteiger partial charge in [-0.2, -0.15) is 0 Å². The Labute approximate surface area is 197 Å². The lowest BCUT2D eigenvalue weighted by molar-refractivity contribution is -0.0521. The van der Waals surface area contributed by atoms with Crippen molar-refractivity contribution in [3.8, 4) is 5.75 Å². The van der Waals surface area contributed by atoms with Crippen molar-refractivity contribution in [1.29, 1.82) is 0 Å². The third kappa shape index (κ3) is 5.31. The molecule has 0 aromatic heterocycles. The van der Waals surface area contributed by atoms with Crippen LogP contribution in [0.3, 0.4) is 0 Å². The molecule has 0 aliphatic heterocycles. The Balaban J connectivity index is 2.20. The van der Waals surface area contributed by atoms with Gasteiger partial charge in [-0.05, 0) is 39.9 Å². The van der Waals surface area contributed by atoms with Crippen molar-refractivity contribution in [2.75, 3.05) is 33.4 Å². The molecule has 3 rings (SSSR count). The van der Waals surface area contributed by atoms with Crippen molar-refractivity contribution in [1.82, 2.24) is 0 Å². The molecule has 34 heavy (non-hydrogen) atoms. The summed E-state index contributed by atoms with van der Waals surface area (Å²) < 4.78 is 12.1. The van der Waals surface area contributed by atoms with Crippen molar-refractivity contribution in [2.45, 2.75) is 5.60 Å². The van der Waals surface area contributed by atoms with Crippen LogP contribution in [0.5, 0.6) is 5.75 Å². The predicted octanol–water partition coefficient (Wildman–Crippen LogP) is 5.60. The fourth-order valence-electron chi connectivity index (χ4n) is 3.83. The monoisotopic (exact) mass is 458 g/mol. The van der Waals surface area contributed by atoms with Gasteiger partial charge in [0.1, 0.15) is 11.4 Å². The molecule has 1 N–H and O–H groups in total. The lowest BCUT2D eigenvalue weighted by Gasteiger charge is -2.39. The fraction of sp³-hybridized carbons (Fsp3) is 0.280. The first kappa shape index (κ1) is 24.6. The van der Waals surface area contributed by atoms with Gasteiger partial charge in [0.05, 0.1) is 20.3 Å². The lowest BCUT2D eigenvalue weighted by Crippen LogP contribution is -2.43. The first-order valence-corrected chi connectivity index (χ1v) is 10.7. The van der Waals surface area contributed by atoms with Crippen LogP contribution >= 0.6 is 0 Å². The third-order valence-corrected chi connectivity index (χ3v) is 5.73. The molecule has 3 aromatic rings. The zero-order chi connectivity index (χ0) is 24.3. The van der Waals surface area contributed by atoms with E-state index in [0.29, 0.717) is 5.75 Å². The molecule has 0 spiro atoms. The van der Waals surface area contributed by atoms with Crippen LogP contribution in [0.25, 0.3) is 20.9 Å². The minimum Gasteiger partial charge on any atom is -0.497 e. The van der Waals surface area contributed by atoms with Crippen molar-refractivity contribution in [2.24, 2.45) is 15.6 Å². The minimum absolute atomic E-state index is 0.0443. The van der Waals surface area contributed by atoms with E-state index < -0.39 is 17.6 Å². The largest absolute Gasteiger partial charge is 0.497 e. The summed E-state index contributed by atoms with van der Waals surface area (Å²) in [5, 5.41) is 17.5. The molecule has 0 heterocycles. The molecule has 0 radical (unpaired) electrons. The Bertz CT molecular complexity index is 1080. The standard InChI is InChI=1S/C25H26N6O3/c1-33-23-14-12-22(13-15-23)25(20-8-4-2-5-9-20,21-10-6-3-7-11-21)34-19-24(18-32,16-28-30-26)17-29-31-27/h2-15,32H,16-19H2,1H3. The Kier molecular flexibility index (Phi) is 8.51. The number of aliphatic hydroxyl groups excluding tert-OH is 1. The van der Waals surface area contributed by atoms with Gasteiger partial charge in [0.2, 0.25) is 0 Å². The van der Waals surface area contributed by atoms with E-state index in [4.69, 9.17) is 20.5 Å². The molecule has 0 fully saturated rings. The van der Waals surface area contributed by atoms with Crippen LogP contribution < -0.4 is 4.74 Å². The summed E-state index contributed by atoms with van der Waals surface area (Å²) >= 11 is 0.